The summed E-state index contributed by atoms with van der Waals surface area (Å²) in [5.74, 6) is 5.13. The molecule has 0 heterocycles. The van der Waals surface area contributed by atoms with E-state index in [1.54, 1.807) is 0 Å². The lowest BCUT2D eigenvalue weighted by Crippen LogP contribution is -2.05. The maximum absolute atomic E-state index is 11.1. The highest BCUT2D eigenvalue weighted by atomic mass is 16.1. The zero-order valence-corrected chi connectivity index (χ0v) is 10.2. The minimum absolute atomic E-state index is 0.144. The fraction of sp³-hybridized carbons (Fsp3) is 0.200. The Kier molecular flexibility index (Phi) is 4.42. The second kappa shape index (κ2) is 5.81. The van der Waals surface area contributed by atoms with E-state index in [1.807, 2.05) is 31.2 Å². The van der Waals surface area contributed by atoms with Crippen LogP contribution in [0.5, 0.6) is 0 Å². The van der Waals surface area contributed by atoms with Gasteiger partial charge in [-0.15, -0.1) is 0 Å². The van der Waals surface area contributed by atoms with Gasteiger partial charge in [-0.05, 0) is 38.5 Å². The molecule has 0 amide bonds. The molecule has 1 aromatic carbocycles. The van der Waals surface area contributed by atoms with Crippen molar-refractivity contribution in [1.29, 1.82) is 0 Å². The largest absolute Gasteiger partial charge is 0.294 e. The van der Waals surface area contributed by atoms with Gasteiger partial charge in [0.2, 0.25) is 0 Å². The Morgan fingerprint density at radius 2 is 1.82 bits per heavy atom. The van der Waals surface area contributed by atoms with Crippen molar-refractivity contribution < 1.29 is 9.59 Å². The number of carbonyl (C=O) groups excluding carboxylic acids is 2. The smallest absolute Gasteiger partial charge is 0.164 e. The third-order valence-corrected chi connectivity index (χ3v) is 2.21. The summed E-state index contributed by atoms with van der Waals surface area (Å²) in [5, 5.41) is 0. The third kappa shape index (κ3) is 4.08. The van der Waals surface area contributed by atoms with Crippen LogP contribution in [-0.2, 0) is 9.59 Å². The molecule has 1 aromatic rings. The van der Waals surface area contributed by atoms with E-state index in [0.717, 1.165) is 11.1 Å². The van der Waals surface area contributed by atoms with Crippen LogP contribution in [0.4, 0.5) is 0 Å². The molecule has 2 nitrogen and oxygen atoms in total. The summed E-state index contributed by atoms with van der Waals surface area (Å²) >= 11 is 0. The summed E-state index contributed by atoms with van der Waals surface area (Å²) in [6, 6.07) is 7.73. The molecule has 0 N–H and O–H groups in total. The molecule has 0 bridgehead atoms. The molecule has 0 unspecified atom stereocenters. The molecule has 0 saturated heterocycles. The lowest BCUT2D eigenvalue weighted by molar-refractivity contribution is -0.119. The van der Waals surface area contributed by atoms with E-state index in [2.05, 4.69) is 11.8 Å². The van der Waals surface area contributed by atoms with Crippen LogP contribution < -0.4 is 0 Å². The Balaban J connectivity index is 2.96. The lowest BCUT2D eigenvalue weighted by Gasteiger charge is -1.93. The van der Waals surface area contributed by atoms with Gasteiger partial charge in [-0.2, -0.15) is 0 Å². The van der Waals surface area contributed by atoms with E-state index in [1.165, 1.54) is 19.9 Å². The number of benzene rings is 1. The molecule has 1 rings (SSSR count). The van der Waals surface area contributed by atoms with E-state index >= 15 is 0 Å². The Labute approximate surface area is 101 Å². The van der Waals surface area contributed by atoms with Gasteiger partial charge >= 0.3 is 0 Å². The van der Waals surface area contributed by atoms with Crippen LogP contribution in [0.3, 0.4) is 0 Å². The van der Waals surface area contributed by atoms with Gasteiger partial charge in [0.15, 0.2) is 11.6 Å². The number of carbonyl (C=O) groups is 2. The Morgan fingerprint density at radius 3 is 2.35 bits per heavy atom. The fourth-order valence-corrected chi connectivity index (χ4v) is 1.37. The maximum Gasteiger partial charge on any atom is 0.164 e. The molecular weight excluding hydrogens is 212 g/mol. The molecular formula is C15H14O2. The van der Waals surface area contributed by atoms with Crippen LogP contribution in [0.15, 0.2) is 35.9 Å². The highest BCUT2D eigenvalue weighted by Gasteiger charge is 2.07. The number of Topliss-reactive ketones (excluding diaryl/α,β-unsaturated/α-hetero) is 2. The monoisotopic (exact) mass is 226 g/mol. The molecule has 0 spiro atoms. The van der Waals surface area contributed by atoms with Gasteiger partial charge < -0.3 is 0 Å². The molecule has 86 valence electrons. The average molecular weight is 226 g/mol. The van der Waals surface area contributed by atoms with Crippen molar-refractivity contribution in [2.45, 2.75) is 20.8 Å². The van der Waals surface area contributed by atoms with Gasteiger partial charge in [0.05, 0.1) is 5.57 Å². The quantitative estimate of drug-likeness (QED) is 0.336. The second-order valence-corrected chi connectivity index (χ2v) is 3.81. The van der Waals surface area contributed by atoms with Crippen LogP contribution in [0.2, 0.25) is 0 Å². The average Bonchev–Trinajstić information content (AvgIpc) is 2.23. The number of hydrogen-bond donors (Lipinski definition) is 0. The Hall–Kier alpha value is -2.14. The molecule has 17 heavy (non-hydrogen) atoms. The fourth-order valence-electron chi connectivity index (χ4n) is 1.37. The van der Waals surface area contributed by atoms with Crippen LogP contribution in [0, 0.1) is 18.8 Å². The van der Waals surface area contributed by atoms with E-state index in [4.69, 9.17) is 0 Å². The molecule has 0 aliphatic heterocycles. The van der Waals surface area contributed by atoms with E-state index in [0.29, 0.717) is 0 Å². The predicted molar refractivity (Wildman–Crippen MR) is 67.5 cm³/mol. The van der Waals surface area contributed by atoms with Crippen molar-refractivity contribution in [3.8, 4) is 11.8 Å². The summed E-state index contributed by atoms with van der Waals surface area (Å²) in [4.78, 5) is 22.2. The Morgan fingerprint density at radius 1 is 1.18 bits per heavy atom. The van der Waals surface area contributed by atoms with Crippen LogP contribution in [0.1, 0.15) is 25.0 Å². The van der Waals surface area contributed by atoms with Gasteiger partial charge in [0, 0.05) is 11.6 Å². The van der Waals surface area contributed by atoms with Gasteiger partial charge in [0.1, 0.15) is 0 Å². The maximum atomic E-state index is 11.1. The first-order valence-electron chi connectivity index (χ1n) is 5.31. The molecule has 0 fully saturated rings. The molecule has 0 saturated carbocycles. The number of rotatable bonds is 2. The van der Waals surface area contributed by atoms with Crippen molar-refractivity contribution in [2.24, 2.45) is 0 Å². The predicted octanol–water partition coefficient (Wildman–Crippen LogP) is 2.45. The van der Waals surface area contributed by atoms with Crippen molar-refractivity contribution in [3.63, 3.8) is 0 Å². The first-order valence-corrected chi connectivity index (χ1v) is 5.31. The van der Waals surface area contributed by atoms with Gasteiger partial charge in [0.25, 0.3) is 0 Å². The summed E-state index contributed by atoms with van der Waals surface area (Å²) < 4.78 is 0. The van der Waals surface area contributed by atoms with Crippen molar-refractivity contribution in [1.82, 2.24) is 0 Å². The number of ketones is 2. The minimum Gasteiger partial charge on any atom is -0.294 e. The molecule has 0 aliphatic carbocycles. The first-order chi connectivity index (χ1) is 8.00. The molecule has 0 aliphatic rings. The topological polar surface area (TPSA) is 34.1 Å². The van der Waals surface area contributed by atoms with Gasteiger partial charge in [-0.25, -0.2) is 0 Å². The van der Waals surface area contributed by atoms with Crippen LogP contribution in [-0.4, -0.2) is 11.6 Å². The van der Waals surface area contributed by atoms with E-state index in [-0.39, 0.29) is 17.1 Å². The molecule has 0 radical (unpaired) electrons. The number of hydrogen-bond acceptors (Lipinski definition) is 2. The normalized spacial score (nSPS) is 8.88. The number of aryl methyl sites for hydroxylation is 1. The van der Waals surface area contributed by atoms with Crippen molar-refractivity contribution >= 4 is 11.6 Å². The van der Waals surface area contributed by atoms with Crippen molar-refractivity contribution in [2.75, 3.05) is 0 Å². The first kappa shape index (κ1) is 12.9. The number of allylic oxidation sites excluding steroid dienone is 2. The van der Waals surface area contributed by atoms with E-state index in [9.17, 15) is 9.59 Å². The SMILES string of the molecule is CC(=O)C(=CC#Cc1cccc(C)c1)C(C)=O. The van der Waals surface area contributed by atoms with E-state index < -0.39 is 0 Å². The van der Waals surface area contributed by atoms with Gasteiger partial charge in [-0.1, -0.05) is 24.0 Å². The van der Waals surface area contributed by atoms with Crippen LogP contribution >= 0.6 is 0 Å². The summed E-state index contributed by atoms with van der Waals surface area (Å²) in [5.41, 5.74) is 2.14. The molecule has 0 atom stereocenters. The Bertz CT molecular complexity index is 524. The minimum atomic E-state index is -0.254. The van der Waals surface area contributed by atoms with Gasteiger partial charge in [-0.3, -0.25) is 9.59 Å². The molecule has 2 heteroatoms. The standard InChI is InChI=1S/C15H14O2/c1-11-6-4-7-14(10-11)8-5-9-15(12(2)16)13(3)17/h4,6-7,9-10H,1-3H3. The third-order valence-electron chi connectivity index (χ3n) is 2.21. The highest BCUT2D eigenvalue weighted by Crippen LogP contribution is 2.02. The summed E-state index contributed by atoms with van der Waals surface area (Å²) in [6.45, 7) is 4.71. The highest BCUT2D eigenvalue weighted by molar-refractivity contribution is 6.18. The van der Waals surface area contributed by atoms with Crippen molar-refractivity contribution in [3.05, 3.63) is 47.0 Å². The summed E-state index contributed by atoms with van der Waals surface area (Å²) in [6.07, 6.45) is 1.38. The second-order valence-electron chi connectivity index (χ2n) is 3.81. The zero-order chi connectivity index (χ0) is 12.8. The summed E-state index contributed by atoms with van der Waals surface area (Å²) in [7, 11) is 0. The van der Waals surface area contributed by atoms with Crippen LogP contribution in [0.25, 0.3) is 0 Å². The lowest BCUT2D eigenvalue weighted by atomic mass is 10.1. The zero-order valence-electron chi connectivity index (χ0n) is 10.2. The molecule has 0 aromatic heterocycles.